The van der Waals surface area contributed by atoms with Crippen molar-refractivity contribution in [2.45, 2.75) is 6.92 Å². The second-order valence-electron chi connectivity index (χ2n) is 3.17. The Hall–Kier alpha value is -0.981. The molecule has 1 heterocycles. The van der Waals surface area contributed by atoms with Gasteiger partial charge in [0.1, 0.15) is 0 Å². The monoisotopic (exact) mass is 361 g/mol. The van der Waals surface area contributed by atoms with E-state index in [0.29, 0.717) is 0 Å². The van der Waals surface area contributed by atoms with E-state index in [0.717, 1.165) is 5.69 Å². The van der Waals surface area contributed by atoms with E-state index in [1.165, 1.54) is 15.2 Å². The molecule has 0 amide bonds. The summed E-state index contributed by atoms with van der Waals surface area (Å²) in [4.78, 5) is 4.37. The van der Waals surface area contributed by atoms with Gasteiger partial charge >= 0.3 is 94.3 Å². The molecule has 0 fully saturated rings. The first kappa shape index (κ1) is 9.57. The van der Waals surface area contributed by atoms with Crippen LogP contribution in [0.1, 0.15) is 5.56 Å². The first-order valence-electron chi connectivity index (χ1n) is 4.43. The molecular weight excluding hydrogens is 350 g/mol. The third-order valence-electron chi connectivity index (χ3n) is 2.05. The summed E-state index contributed by atoms with van der Waals surface area (Å²) >= 11 is 2.11. The summed E-state index contributed by atoms with van der Waals surface area (Å²) in [5, 5.41) is 0. The van der Waals surface area contributed by atoms with E-state index in [1.54, 1.807) is 0 Å². The molecule has 0 atom stereocenters. The molecule has 0 aliphatic rings. The van der Waals surface area contributed by atoms with Gasteiger partial charge in [0.15, 0.2) is 0 Å². The van der Waals surface area contributed by atoms with Crippen molar-refractivity contribution in [1.82, 2.24) is 4.98 Å². The predicted octanol–water partition coefficient (Wildman–Crippen LogP) is 2.23. The average Bonchev–Trinajstić information content (AvgIpc) is 2.18. The molecule has 0 unspecified atom stereocenters. The van der Waals surface area contributed by atoms with Gasteiger partial charge in [-0.15, -0.1) is 0 Å². The predicted molar refractivity (Wildman–Crippen MR) is 54.0 cm³/mol. The number of aryl methyl sites for hydroxylation is 1. The van der Waals surface area contributed by atoms with Crippen LogP contribution in [0.25, 0.3) is 11.3 Å². The molecule has 0 radical (unpaired) electrons. The second kappa shape index (κ2) is 4.03. The minimum atomic E-state index is 1.06. The van der Waals surface area contributed by atoms with E-state index in [-0.39, 0.29) is 0 Å². The SMILES string of the molecule is Cc1ccnc(-c2cccc[c]2[Ir])c1. The Labute approximate surface area is 94.4 Å². The molecule has 0 N–H and O–H groups in total. The van der Waals surface area contributed by atoms with Crippen LogP contribution in [0.5, 0.6) is 0 Å². The van der Waals surface area contributed by atoms with Crippen LogP contribution in [0, 0.1) is 6.92 Å². The molecule has 1 nitrogen and oxygen atoms in total. The summed E-state index contributed by atoms with van der Waals surface area (Å²) in [5.41, 5.74) is 3.53. The molecule has 2 aromatic rings. The number of rotatable bonds is 1. The average molecular weight is 360 g/mol. The Bertz CT molecular complexity index is 452. The first-order chi connectivity index (χ1) is 6.77. The van der Waals surface area contributed by atoms with Gasteiger partial charge in [0.05, 0.1) is 0 Å². The van der Waals surface area contributed by atoms with Gasteiger partial charge in [-0.3, -0.25) is 0 Å². The van der Waals surface area contributed by atoms with Crippen LogP contribution in [0.2, 0.25) is 0 Å². The van der Waals surface area contributed by atoms with Crippen LogP contribution in [-0.4, -0.2) is 4.98 Å². The Morgan fingerprint density at radius 1 is 1.14 bits per heavy atom. The molecule has 0 spiro atoms. The van der Waals surface area contributed by atoms with E-state index < -0.39 is 0 Å². The Morgan fingerprint density at radius 2 is 1.93 bits per heavy atom. The Balaban J connectivity index is 2.55. The zero-order valence-electron chi connectivity index (χ0n) is 7.82. The van der Waals surface area contributed by atoms with Crippen molar-refractivity contribution in [1.29, 1.82) is 0 Å². The van der Waals surface area contributed by atoms with Gasteiger partial charge in [0.25, 0.3) is 0 Å². The maximum atomic E-state index is 4.37. The first-order valence-corrected chi connectivity index (χ1v) is 5.62. The topological polar surface area (TPSA) is 12.9 Å². The Morgan fingerprint density at radius 3 is 2.64 bits per heavy atom. The third-order valence-corrected chi connectivity index (χ3v) is 3.09. The van der Waals surface area contributed by atoms with Crippen LogP contribution >= 0.6 is 0 Å². The molecule has 0 saturated carbocycles. The van der Waals surface area contributed by atoms with Gasteiger partial charge in [-0.25, -0.2) is 0 Å². The van der Waals surface area contributed by atoms with Crippen molar-refractivity contribution in [3.8, 4) is 11.3 Å². The molecule has 0 bridgehead atoms. The normalized spacial score (nSPS) is 10.2. The van der Waals surface area contributed by atoms with E-state index in [9.17, 15) is 0 Å². The molecule has 1 aromatic carbocycles. The fraction of sp³-hybridized carbons (Fsp3) is 0.0833. The zero-order chi connectivity index (χ0) is 9.97. The molecule has 72 valence electrons. The van der Waals surface area contributed by atoms with Crippen LogP contribution in [0.3, 0.4) is 0 Å². The number of hydrogen-bond acceptors (Lipinski definition) is 1. The van der Waals surface area contributed by atoms with Crippen molar-refractivity contribution >= 4 is 4.08 Å². The van der Waals surface area contributed by atoms with Gasteiger partial charge in [0, 0.05) is 0 Å². The summed E-state index contributed by atoms with van der Waals surface area (Å²) in [6, 6.07) is 12.4. The number of nitrogens with zero attached hydrogens (tertiary/aromatic N) is 1. The van der Waals surface area contributed by atoms with Crippen molar-refractivity contribution < 1.29 is 18.9 Å². The fourth-order valence-corrected chi connectivity index (χ4v) is 2.08. The molecule has 1 aromatic heterocycles. The van der Waals surface area contributed by atoms with Crippen molar-refractivity contribution in [3.63, 3.8) is 0 Å². The van der Waals surface area contributed by atoms with Crippen LogP contribution in [0.15, 0.2) is 42.6 Å². The van der Waals surface area contributed by atoms with E-state index in [4.69, 9.17) is 0 Å². The van der Waals surface area contributed by atoms with Crippen molar-refractivity contribution in [2.75, 3.05) is 0 Å². The van der Waals surface area contributed by atoms with Crippen molar-refractivity contribution in [2.24, 2.45) is 0 Å². The summed E-state index contributed by atoms with van der Waals surface area (Å²) < 4.78 is 1.27. The van der Waals surface area contributed by atoms with E-state index in [2.05, 4.69) is 55.1 Å². The fourth-order valence-electron chi connectivity index (χ4n) is 1.34. The molecule has 14 heavy (non-hydrogen) atoms. The van der Waals surface area contributed by atoms with Gasteiger partial charge in [-0.1, -0.05) is 0 Å². The van der Waals surface area contributed by atoms with Crippen molar-refractivity contribution in [3.05, 3.63) is 48.2 Å². The van der Waals surface area contributed by atoms with Crippen LogP contribution in [-0.2, 0) is 18.9 Å². The zero-order valence-corrected chi connectivity index (χ0v) is 10.2. The third kappa shape index (κ3) is 1.92. The number of benzene rings is 1. The molecule has 0 saturated heterocycles. The molecule has 0 aliphatic carbocycles. The molecule has 0 aliphatic heterocycles. The molecular formula is C12H10IrN. The summed E-state index contributed by atoms with van der Waals surface area (Å²) in [7, 11) is 0. The number of aromatic nitrogens is 1. The second-order valence-corrected chi connectivity index (χ2v) is 4.46. The van der Waals surface area contributed by atoms with Crippen LogP contribution < -0.4 is 4.08 Å². The Kier molecular flexibility index (Phi) is 2.76. The number of pyridine rings is 1. The molecule has 2 rings (SSSR count). The quantitative estimate of drug-likeness (QED) is 0.760. The summed E-state index contributed by atoms with van der Waals surface area (Å²) in [6.45, 7) is 2.09. The summed E-state index contributed by atoms with van der Waals surface area (Å²) in [6.07, 6.45) is 1.86. The maximum absolute atomic E-state index is 4.37. The van der Waals surface area contributed by atoms with Gasteiger partial charge in [-0.2, -0.15) is 0 Å². The van der Waals surface area contributed by atoms with Crippen LogP contribution in [0.4, 0.5) is 0 Å². The summed E-state index contributed by atoms with van der Waals surface area (Å²) in [5.74, 6) is 0. The molecule has 2 heteroatoms. The standard InChI is InChI=1S/C12H10N.Ir/c1-10-7-8-13-12(9-10)11-5-3-2-4-6-11;/h2-5,7-9H,1H3;. The van der Waals surface area contributed by atoms with E-state index in [1.807, 2.05) is 18.3 Å². The van der Waals surface area contributed by atoms with Gasteiger partial charge in [0.2, 0.25) is 0 Å². The van der Waals surface area contributed by atoms with E-state index >= 15 is 0 Å². The number of hydrogen-bond donors (Lipinski definition) is 0. The minimum absolute atomic E-state index is 1.06. The van der Waals surface area contributed by atoms with Gasteiger partial charge in [-0.05, 0) is 0 Å². The van der Waals surface area contributed by atoms with Gasteiger partial charge < -0.3 is 0 Å².